The average molecular weight is 253 g/mol. The minimum Gasteiger partial charge on any atom is -0.348 e. The zero-order valence-electron chi connectivity index (χ0n) is 11.9. The number of rotatable bonds is 2. The van der Waals surface area contributed by atoms with E-state index in [-0.39, 0.29) is 0 Å². The summed E-state index contributed by atoms with van der Waals surface area (Å²) in [4.78, 5) is 8.10. The summed E-state index contributed by atoms with van der Waals surface area (Å²) in [5.41, 5.74) is 5.85. The van der Waals surface area contributed by atoms with E-state index in [0.717, 1.165) is 22.6 Å². The van der Waals surface area contributed by atoms with Crippen LogP contribution in [0.5, 0.6) is 0 Å². The van der Waals surface area contributed by atoms with Crippen LogP contribution in [0.3, 0.4) is 0 Å². The minimum absolute atomic E-state index is 0.534. The molecule has 1 aromatic carbocycles. The first-order valence-corrected chi connectivity index (χ1v) is 6.67. The Hall–Kier alpha value is -2.03. The number of hydrogen-bond acceptors (Lipinski definition) is 1. The monoisotopic (exact) mass is 253 g/mol. The number of aryl methyl sites for hydroxylation is 2. The summed E-state index contributed by atoms with van der Waals surface area (Å²) >= 11 is 0. The predicted molar refractivity (Wildman–Crippen MR) is 79.3 cm³/mol. The third-order valence-corrected chi connectivity index (χ3v) is 3.57. The van der Waals surface area contributed by atoms with Crippen molar-refractivity contribution in [2.24, 2.45) is 7.05 Å². The lowest BCUT2D eigenvalue weighted by molar-refractivity contribution is 0.850. The largest absolute Gasteiger partial charge is 0.348 e. The van der Waals surface area contributed by atoms with Gasteiger partial charge in [0.05, 0.1) is 16.7 Å². The van der Waals surface area contributed by atoms with Gasteiger partial charge in [-0.25, -0.2) is 4.98 Å². The second kappa shape index (κ2) is 4.26. The van der Waals surface area contributed by atoms with Crippen molar-refractivity contribution in [3.8, 4) is 11.5 Å². The van der Waals surface area contributed by atoms with Gasteiger partial charge in [-0.2, -0.15) is 0 Å². The van der Waals surface area contributed by atoms with Crippen molar-refractivity contribution in [2.45, 2.75) is 26.7 Å². The van der Waals surface area contributed by atoms with Gasteiger partial charge in [0.15, 0.2) is 5.82 Å². The normalized spacial score (nSPS) is 11.6. The van der Waals surface area contributed by atoms with Crippen LogP contribution in [-0.4, -0.2) is 14.5 Å². The van der Waals surface area contributed by atoms with Crippen molar-refractivity contribution in [3.05, 3.63) is 41.6 Å². The van der Waals surface area contributed by atoms with Gasteiger partial charge in [-0.15, -0.1) is 0 Å². The highest BCUT2D eigenvalue weighted by Crippen LogP contribution is 2.25. The number of H-pyrrole nitrogens is 1. The lowest BCUT2D eigenvalue weighted by Crippen LogP contribution is -1.90. The van der Waals surface area contributed by atoms with Gasteiger partial charge in [0.25, 0.3) is 0 Å². The number of aromatic amines is 1. The molecule has 3 aromatic rings. The molecule has 3 rings (SSSR count). The quantitative estimate of drug-likeness (QED) is 0.735. The highest BCUT2D eigenvalue weighted by Gasteiger charge is 2.11. The Morgan fingerprint density at radius 1 is 1.21 bits per heavy atom. The highest BCUT2D eigenvalue weighted by molar-refractivity contribution is 5.79. The maximum atomic E-state index is 4.68. The minimum atomic E-state index is 0.534. The standard InChI is InChI=1S/C16H19N3/c1-10(2)12-8-15(19(4)9-12)16-17-13-6-5-11(3)7-14(13)18-16/h5-10H,1-4H3,(H,17,18). The summed E-state index contributed by atoms with van der Waals surface area (Å²) in [6.45, 7) is 6.52. The van der Waals surface area contributed by atoms with E-state index < -0.39 is 0 Å². The van der Waals surface area contributed by atoms with E-state index >= 15 is 0 Å². The fraction of sp³-hybridized carbons (Fsp3) is 0.312. The van der Waals surface area contributed by atoms with E-state index in [0.29, 0.717) is 5.92 Å². The molecule has 2 aromatic heterocycles. The van der Waals surface area contributed by atoms with E-state index in [4.69, 9.17) is 0 Å². The molecule has 0 aliphatic rings. The summed E-state index contributed by atoms with van der Waals surface area (Å²) in [5, 5.41) is 0. The molecule has 0 saturated carbocycles. The Bertz CT molecular complexity index is 732. The van der Waals surface area contributed by atoms with Crippen molar-refractivity contribution in [1.82, 2.24) is 14.5 Å². The second-order valence-electron chi connectivity index (χ2n) is 5.53. The Morgan fingerprint density at radius 3 is 2.68 bits per heavy atom. The van der Waals surface area contributed by atoms with Gasteiger partial charge in [0.2, 0.25) is 0 Å². The molecule has 0 aliphatic carbocycles. The van der Waals surface area contributed by atoms with Gasteiger partial charge >= 0.3 is 0 Å². The van der Waals surface area contributed by atoms with E-state index in [2.05, 4.69) is 72.8 Å². The molecule has 1 N–H and O–H groups in total. The molecule has 0 atom stereocenters. The fourth-order valence-electron chi connectivity index (χ4n) is 2.39. The molecule has 0 fully saturated rings. The zero-order chi connectivity index (χ0) is 13.6. The molecule has 19 heavy (non-hydrogen) atoms. The first kappa shape index (κ1) is 12.0. The maximum Gasteiger partial charge on any atom is 0.155 e. The third kappa shape index (κ3) is 2.05. The van der Waals surface area contributed by atoms with Crippen molar-refractivity contribution >= 4 is 11.0 Å². The molecule has 0 unspecified atom stereocenters. The van der Waals surface area contributed by atoms with Gasteiger partial charge in [-0.05, 0) is 42.2 Å². The maximum absolute atomic E-state index is 4.68. The van der Waals surface area contributed by atoms with E-state index in [1.807, 2.05) is 0 Å². The summed E-state index contributed by atoms with van der Waals surface area (Å²) in [6.07, 6.45) is 2.18. The van der Waals surface area contributed by atoms with Gasteiger partial charge in [-0.3, -0.25) is 0 Å². The summed E-state index contributed by atoms with van der Waals surface area (Å²) in [5.74, 6) is 1.47. The summed E-state index contributed by atoms with van der Waals surface area (Å²) < 4.78 is 2.14. The second-order valence-corrected chi connectivity index (χ2v) is 5.53. The van der Waals surface area contributed by atoms with Crippen LogP contribution in [-0.2, 0) is 7.05 Å². The van der Waals surface area contributed by atoms with Crippen molar-refractivity contribution < 1.29 is 0 Å². The molecule has 0 radical (unpaired) electrons. The van der Waals surface area contributed by atoms with Gasteiger partial charge in [0.1, 0.15) is 0 Å². The van der Waals surface area contributed by atoms with E-state index in [1.54, 1.807) is 0 Å². The first-order valence-electron chi connectivity index (χ1n) is 6.67. The first-order chi connectivity index (χ1) is 9.04. The number of nitrogens with zero attached hydrogens (tertiary/aromatic N) is 2. The predicted octanol–water partition coefficient (Wildman–Crippen LogP) is 4.00. The van der Waals surface area contributed by atoms with Crippen LogP contribution in [0, 0.1) is 6.92 Å². The Labute approximate surface area is 113 Å². The number of benzene rings is 1. The fourth-order valence-corrected chi connectivity index (χ4v) is 2.39. The lowest BCUT2D eigenvalue weighted by Gasteiger charge is -1.97. The molecule has 0 bridgehead atoms. The SMILES string of the molecule is Cc1ccc2nc(-c3cc(C(C)C)cn3C)[nH]c2c1. The molecule has 0 aliphatic heterocycles. The number of nitrogens with one attached hydrogen (secondary N) is 1. The Morgan fingerprint density at radius 2 is 2.00 bits per heavy atom. The number of fused-ring (bicyclic) bond motifs is 1. The molecule has 0 amide bonds. The van der Waals surface area contributed by atoms with Crippen LogP contribution in [0.25, 0.3) is 22.6 Å². The highest BCUT2D eigenvalue weighted by atomic mass is 15.0. The van der Waals surface area contributed by atoms with Gasteiger partial charge in [0, 0.05) is 13.2 Å². The molecular formula is C16H19N3. The van der Waals surface area contributed by atoms with Crippen LogP contribution in [0.2, 0.25) is 0 Å². The molecule has 0 spiro atoms. The number of aromatic nitrogens is 3. The lowest BCUT2D eigenvalue weighted by atomic mass is 10.1. The molecule has 2 heterocycles. The van der Waals surface area contributed by atoms with Crippen LogP contribution in [0.4, 0.5) is 0 Å². The van der Waals surface area contributed by atoms with Crippen molar-refractivity contribution in [3.63, 3.8) is 0 Å². The summed E-state index contributed by atoms with van der Waals surface area (Å²) in [7, 11) is 2.07. The topological polar surface area (TPSA) is 33.6 Å². The average Bonchev–Trinajstić information content (AvgIpc) is 2.91. The molecule has 3 nitrogen and oxygen atoms in total. The van der Waals surface area contributed by atoms with Gasteiger partial charge < -0.3 is 9.55 Å². The smallest absolute Gasteiger partial charge is 0.155 e. The van der Waals surface area contributed by atoms with Crippen molar-refractivity contribution in [1.29, 1.82) is 0 Å². The van der Waals surface area contributed by atoms with Crippen LogP contribution >= 0.6 is 0 Å². The molecular weight excluding hydrogens is 234 g/mol. The number of hydrogen-bond donors (Lipinski definition) is 1. The summed E-state index contributed by atoms with van der Waals surface area (Å²) in [6, 6.07) is 8.52. The third-order valence-electron chi connectivity index (χ3n) is 3.57. The Balaban J connectivity index is 2.13. The van der Waals surface area contributed by atoms with E-state index in [1.165, 1.54) is 11.1 Å². The molecule has 0 saturated heterocycles. The van der Waals surface area contributed by atoms with Crippen LogP contribution < -0.4 is 0 Å². The van der Waals surface area contributed by atoms with Crippen LogP contribution in [0.1, 0.15) is 30.9 Å². The van der Waals surface area contributed by atoms with Crippen molar-refractivity contribution in [2.75, 3.05) is 0 Å². The number of imidazole rings is 1. The Kier molecular flexibility index (Phi) is 2.70. The van der Waals surface area contributed by atoms with Crippen LogP contribution in [0.15, 0.2) is 30.5 Å². The molecule has 98 valence electrons. The molecule has 3 heteroatoms. The van der Waals surface area contributed by atoms with E-state index in [9.17, 15) is 0 Å². The zero-order valence-corrected chi connectivity index (χ0v) is 11.9. The van der Waals surface area contributed by atoms with Gasteiger partial charge in [-0.1, -0.05) is 19.9 Å².